The Balaban J connectivity index is 1.99. The van der Waals surface area contributed by atoms with Crippen LogP contribution in [0.4, 0.5) is 0 Å². The minimum Gasteiger partial charge on any atom is -0.472 e. The van der Waals surface area contributed by atoms with Gasteiger partial charge >= 0.3 is 0 Å². The summed E-state index contributed by atoms with van der Waals surface area (Å²) in [6, 6.07) is 1.84. The molecule has 0 amide bonds. The molecular weight excluding hydrogens is 166 g/mol. The molecule has 2 rings (SSSR count). The van der Waals surface area contributed by atoms with Gasteiger partial charge in [-0.3, -0.25) is 0 Å². The molecule has 0 saturated carbocycles. The van der Waals surface area contributed by atoms with Crippen LogP contribution in [0.1, 0.15) is 24.5 Å². The van der Waals surface area contributed by atoms with Gasteiger partial charge in [-0.2, -0.15) is 0 Å². The quantitative estimate of drug-likeness (QED) is 0.723. The topological polar surface area (TPSA) is 45.4 Å². The Morgan fingerprint density at radius 2 is 2.23 bits per heavy atom. The number of piperidine rings is 1. The van der Waals surface area contributed by atoms with Crippen LogP contribution in [0.2, 0.25) is 0 Å². The second kappa shape index (κ2) is 3.94. The van der Waals surface area contributed by atoms with E-state index in [1.165, 1.54) is 0 Å². The highest BCUT2D eigenvalue weighted by molar-refractivity contribution is 5.10. The second-order valence-electron chi connectivity index (χ2n) is 3.59. The molecule has 1 atom stereocenters. The third-order valence-corrected chi connectivity index (χ3v) is 2.72. The minimum absolute atomic E-state index is 0.346. The lowest BCUT2D eigenvalue weighted by Crippen LogP contribution is -2.30. The maximum atomic E-state index is 9.95. The zero-order valence-corrected chi connectivity index (χ0v) is 7.57. The molecule has 1 aliphatic rings. The van der Waals surface area contributed by atoms with E-state index in [2.05, 4.69) is 5.32 Å². The van der Waals surface area contributed by atoms with Crippen molar-refractivity contribution in [2.24, 2.45) is 5.92 Å². The normalized spacial score (nSPS) is 21.6. The van der Waals surface area contributed by atoms with E-state index in [1.807, 2.05) is 6.07 Å². The maximum absolute atomic E-state index is 9.95. The van der Waals surface area contributed by atoms with Gasteiger partial charge in [0, 0.05) is 5.56 Å². The summed E-state index contributed by atoms with van der Waals surface area (Å²) >= 11 is 0. The number of aliphatic hydroxyl groups excluding tert-OH is 1. The Kier molecular flexibility index (Phi) is 2.66. The summed E-state index contributed by atoms with van der Waals surface area (Å²) in [5.41, 5.74) is 0.909. The van der Waals surface area contributed by atoms with Gasteiger partial charge in [0.1, 0.15) is 0 Å². The van der Waals surface area contributed by atoms with Crippen molar-refractivity contribution in [3.05, 3.63) is 24.2 Å². The van der Waals surface area contributed by atoms with Crippen molar-refractivity contribution in [2.45, 2.75) is 18.9 Å². The van der Waals surface area contributed by atoms with Crippen LogP contribution in [-0.4, -0.2) is 18.2 Å². The number of hydrogen-bond donors (Lipinski definition) is 2. The number of hydrogen-bond acceptors (Lipinski definition) is 3. The molecule has 1 fully saturated rings. The van der Waals surface area contributed by atoms with Crippen LogP contribution >= 0.6 is 0 Å². The first-order valence-corrected chi connectivity index (χ1v) is 4.79. The van der Waals surface area contributed by atoms with Crippen LogP contribution in [-0.2, 0) is 0 Å². The van der Waals surface area contributed by atoms with Crippen molar-refractivity contribution in [2.75, 3.05) is 13.1 Å². The molecule has 1 unspecified atom stereocenters. The fraction of sp³-hybridized carbons (Fsp3) is 0.600. The van der Waals surface area contributed by atoms with Gasteiger partial charge in [0.15, 0.2) is 0 Å². The Labute approximate surface area is 77.8 Å². The molecule has 0 aromatic carbocycles. The molecule has 2 heterocycles. The van der Waals surface area contributed by atoms with E-state index >= 15 is 0 Å². The molecule has 0 aliphatic carbocycles. The highest BCUT2D eigenvalue weighted by Gasteiger charge is 2.23. The Hall–Kier alpha value is -0.800. The van der Waals surface area contributed by atoms with Crippen LogP contribution in [0.15, 0.2) is 23.0 Å². The molecule has 2 N–H and O–H groups in total. The molecule has 1 aromatic rings. The SMILES string of the molecule is OC(c1ccoc1)C1CCNCC1. The van der Waals surface area contributed by atoms with Gasteiger partial charge in [-0.25, -0.2) is 0 Å². The van der Waals surface area contributed by atoms with Gasteiger partial charge in [-0.15, -0.1) is 0 Å². The molecular formula is C10H15NO2. The smallest absolute Gasteiger partial charge is 0.0960 e. The van der Waals surface area contributed by atoms with Crippen molar-refractivity contribution >= 4 is 0 Å². The molecule has 72 valence electrons. The first-order chi connectivity index (χ1) is 6.38. The fourth-order valence-electron chi connectivity index (χ4n) is 1.88. The van der Waals surface area contributed by atoms with Gasteiger partial charge in [0.25, 0.3) is 0 Å². The van der Waals surface area contributed by atoms with Gasteiger partial charge < -0.3 is 14.8 Å². The van der Waals surface area contributed by atoms with E-state index in [0.717, 1.165) is 31.5 Å². The van der Waals surface area contributed by atoms with E-state index < -0.39 is 0 Å². The van der Waals surface area contributed by atoms with Gasteiger partial charge in [-0.05, 0) is 37.9 Å². The zero-order valence-electron chi connectivity index (χ0n) is 7.57. The van der Waals surface area contributed by atoms with Crippen LogP contribution in [0.25, 0.3) is 0 Å². The molecule has 13 heavy (non-hydrogen) atoms. The number of rotatable bonds is 2. The lowest BCUT2D eigenvalue weighted by Gasteiger charge is -2.26. The summed E-state index contributed by atoms with van der Waals surface area (Å²) in [4.78, 5) is 0. The van der Waals surface area contributed by atoms with Crippen molar-refractivity contribution in [1.82, 2.24) is 5.32 Å². The first kappa shape index (κ1) is 8.78. The van der Waals surface area contributed by atoms with E-state index in [4.69, 9.17) is 4.42 Å². The third-order valence-electron chi connectivity index (χ3n) is 2.72. The van der Waals surface area contributed by atoms with Crippen molar-refractivity contribution in [3.8, 4) is 0 Å². The molecule has 0 radical (unpaired) electrons. The van der Waals surface area contributed by atoms with E-state index in [0.29, 0.717) is 5.92 Å². The van der Waals surface area contributed by atoms with Crippen molar-refractivity contribution in [3.63, 3.8) is 0 Å². The predicted octanol–water partition coefficient (Wildman–Crippen LogP) is 1.31. The maximum Gasteiger partial charge on any atom is 0.0960 e. The van der Waals surface area contributed by atoms with E-state index in [1.54, 1.807) is 12.5 Å². The summed E-state index contributed by atoms with van der Waals surface area (Å²) < 4.78 is 4.95. The van der Waals surface area contributed by atoms with Crippen molar-refractivity contribution in [1.29, 1.82) is 0 Å². The van der Waals surface area contributed by atoms with Gasteiger partial charge in [-0.1, -0.05) is 0 Å². The standard InChI is InChI=1S/C10H15NO2/c12-10(9-3-6-13-7-9)8-1-4-11-5-2-8/h3,6-8,10-12H,1-2,4-5H2. The van der Waals surface area contributed by atoms with Crippen molar-refractivity contribution < 1.29 is 9.52 Å². The second-order valence-corrected chi connectivity index (χ2v) is 3.59. The molecule has 1 saturated heterocycles. The Bertz CT molecular complexity index is 239. The first-order valence-electron chi connectivity index (χ1n) is 4.79. The summed E-state index contributed by atoms with van der Waals surface area (Å²) in [6.45, 7) is 2.03. The van der Waals surface area contributed by atoms with E-state index in [9.17, 15) is 5.11 Å². The average Bonchev–Trinajstić information content (AvgIpc) is 2.71. The predicted molar refractivity (Wildman–Crippen MR) is 49.3 cm³/mol. The van der Waals surface area contributed by atoms with Gasteiger partial charge in [0.05, 0.1) is 18.6 Å². The molecule has 1 aromatic heterocycles. The van der Waals surface area contributed by atoms with Crippen LogP contribution < -0.4 is 5.32 Å². The Morgan fingerprint density at radius 1 is 1.46 bits per heavy atom. The zero-order chi connectivity index (χ0) is 9.10. The number of furan rings is 1. The van der Waals surface area contributed by atoms with E-state index in [-0.39, 0.29) is 6.10 Å². The molecule has 3 heteroatoms. The van der Waals surface area contributed by atoms with Crippen LogP contribution in [0.3, 0.4) is 0 Å². The number of nitrogens with one attached hydrogen (secondary N) is 1. The molecule has 0 spiro atoms. The van der Waals surface area contributed by atoms with Gasteiger partial charge in [0.2, 0.25) is 0 Å². The monoisotopic (exact) mass is 181 g/mol. The molecule has 0 bridgehead atoms. The lowest BCUT2D eigenvalue weighted by molar-refractivity contribution is 0.0884. The van der Waals surface area contributed by atoms with Crippen LogP contribution in [0.5, 0.6) is 0 Å². The summed E-state index contributed by atoms with van der Waals surface area (Å²) in [6.07, 6.45) is 4.99. The van der Waals surface area contributed by atoms with Crippen LogP contribution in [0, 0.1) is 5.92 Å². The summed E-state index contributed by atoms with van der Waals surface area (Å²) in [5, 5.41) is 13.2. The molecule has 3 nitrogen and oxygen atoms in total. The average molecular weight is 181 g/mol. The summed E-state index contributed by atoms with van der Waals surface area (Å²) in [7, 11) is 0. The lowest BCUT2D eigenvalue weighted by atomic mass is 9.89. The fourth-order valence-corrected chi connectivity index (χ4v) is 1.88. The highest BCUT2D eigenvalue weighted by Crippen LogP contribution is 2.28. The largest absolute Gasteiger partial charge is 0.472 e. The third kappa shape index (κ3) is 1.92. The summed E-state index contributed by atoms with van der Waals surface area (Å²) in [5.74, 6) is 0.388. The minimum atomic E-state index is -0.346. The highest BCUT2D eigenvalue weighted by atomic mass is 16.3. The number of aliphatic hydroxyl groups is 1. The Morgan fingerprint density at radius 3 is 2.85 bits per heavy atom. The molecule has 1 aliphatic heterocycles.